The topological polar surface area (TPSA) is 49.4 Å². The lowest BCUT2D eigenvalue weighted by Gasteiger charge is -2.31. The Morgan fingerprint density at radius 1 is 0.935 bits per heavy atom. The van der Waals surface area contributed by atoms with Gasteiger partial charge in [0.15, 0.2) is 0 Å². The van der Waals surface area contributed by atoms with Crippen molar-refractivity contribution in [3.8, 4) is 0 Å². The highest BCUT2D eigenvalue weighted by molar-refractivity contribution is 8.00. The highest BCUT2D eigenvalue weighted by Crippen LogP contribution is 2.21. The van der Waals surface area contributed by atoms with E-state index in [4.69, 9.17) is 0 Å². The van der Waals surface area contributed by atoms with Crippen molar-refractivity contribution in [1.29, 1.82) is 0 Å². The molecule has 0 spiro atoms. The third-order valence-corrected chi connectivity index (χ3v) is 5.92. The van der Waals surface area contributed by atoms with Gasteiger partial charge in [-0.3, -0.25) is 9.59 Å². The maximum absolute atomic E-state index is 14.4. The molecule has 160 valence electrons. The molecule has 0 radical (unpaired) electrons. The van der Waals surface area contributed by atoms with E-state index in [9.17, 15) is 14.0 Å². The van der Waals surface area contributed by atoms with E-state index in [1.54, 1.807) is 25.2 Å². The number of likely N-dealkylation sites (N-methyl/N-ethyl adjacent to an activating group) is 1. The number of hydrogen-bond donors (Lipinski definition) is 1. The number of thioether (sulfide) groups is 1. The van der Waals surface area contributed by atoms with Gasteiger partial charge < -0.3 is 10.2 Å². The minimum Gasteiger partial charge on any atom is -0.357 e. The van der Waals surface area contributed by atoms with E-state index in [2.05, 4.69) is 5.32 Å². The molecule has 0 aliphatic heterocycles. The Balaban J connectivity index is 1.88. The molecule has 0 bridgehead atoms. The highest BCUT2D eigenvalue weighted by Gasteiger charge is 2.30. The van der Waals surface area contributed by atoms with E-state index >= 15 is 0 Å². The second-order valence-electron chi connectivity index (χ2n) is 7.03. The number of carbonyl (C=O) groups excluding carboxylic acids is 2. The van der Waals surface area contributed by atoms with E-state index in [0.717, 1.165) is 10.5 Å². The first kappa shape index (κ1) is 22.6. The Morgan fingerprint density at radius 3 is 2.19 bits per heavy atom. The largest absolute Gasteiger partial charge is 0.357 e. The molecule has 1 unspecified atom stereocenters. The second kappa shape index (κ2) is 11.3. The molecule has 0 aromatic heterocycles. The van der Waals surface area contributed by atoms with Crippen LogP contribution in [0, 0.1) is 5.82 Å². The van der Waals surface area contributed by atoms with Crippen LogP contribution in [-0.4, -0.2) is 35.6 Å². The first-order valence-electron chi connectivity index (χ1n) is 10.0. The molecular formula is C25H25FN2O2S. The molecule has 0 aliphatic rings. The lowest BCUT2D eigenvalue weighted by atomic mass is 10.0. The van der Waals surface area contributed by atoms with Crippen LogP contribution in [0.25, 0.3) is 0 Å². The van der Waals surface area contributed by atoms with Crippen LogP contribution >= 0.6 is 11.8 Å². The molecule has 4 nitrogen and oxygen atoms in total. The summed E-state index contributed by atoms with van der Waals surface area (Å²) in [6, 6.07) is 24.7. The molecule has 3 rings (SSSR count). The number of amides is 2. The fourth-order valence-corrected chi connectivity index (χ4v) is 4.08. The zero-order valence-corrected chi connectivity index (χ0v) is 18.1. The highest BCUT2D eigenvalue weighted by atomic mass is 32.2. The van der Waals surface area contributed by atoms with Crippen molar-refractivity contribution in [2.24, 2.45) is 0 Å². The molecule has 0 heterocycles. The Morgan fingerprint density at radius 2 is 1.55 bits per heavy atom. The average Bonchev–Trinajstić information content (AvgIpc) is 2.81. The summed E-state index contributed by atoms with van der Waals surface area (Å²) in [6.45, 7) is 0.0196. The van der Waals surface area contributed by atoms with Gasteiger partial charge in [0.1, 0.15) is 11.9 Å². The van der Waals surface area contributed by atoms with E-state index in [1.807, 2.05) is 60.7 Å². The predicted molar refractivity (Wildman–Crippen MR) is 122 cm³/mol. The molecule has 0 fully saturated rings. The summed E-state index contributed by atoms with van der Waals surface area (Å²) >= 11 is 1.40. The van der Waals surface area contributed by atoms with E-state index in [1.165, 1.54) is 22.7 Å². The molecule has 0 aliphatic carbocycles. The van der Waals surface area contributed by atoms with Gasteiger partial charge in [-0.2, -0.15) is 0 Å². The van der Waals surface area contributed by atoms with Crippen LogP contribution in [0.4, 0.5) is 4.39 Å². The van der Waals surface area contributed by atoms with Crippen molar-refractivity contribution in [1.82, 2.24) is 10.2 Å². The van der Waals surface area contributed by atoms with Crippen LogP contribution in [-0.2, 0) is 22.6 Å². The van der Waals surface area contributed by atoms with Crippen LogP contribution < -0.4 is 5.32 Å². The maximum Gasteiger partial charge on any atom is 0.242 e. The smallest absolute Gasteiger partial charge is 0.242 e. The van der Waals surface area contributed by atoms with Gasteiger partial charge in [0.25, 0.3) is 0 Å². The van der Waals surface area contributed by atoms with Crippen LogP contribution in [0.3, 0.4) is 0 Å². The summed E-state index contributed by atoms with van der Waals surface area (Å²) in [4.78, 5) is 28.5. The number of hydrogen-bond acceptors (Lipinski definition) is 3. The second-order valence-corrected chi connectivity index (χ2v) is 8.08. The van der Waals surface area contributed by atoms with Crippen molar-refractivity contribution in [3.05, 3.63) is 102 Å². The third-order valence-electron chi connectivity index (χ3n) is 4.92. The molecule has 2 amide bonds. The SMILES string of the molecule is CNC(=O)C(Cc1ccccc1)N(Cc1ccccc1F)C(=O)CSc1ccccc1. The van der Waals surface area contributed by atoms with Crippen LogP contribution in [0.1, 0.15) is 11.1 Å². The minimum absolute atomic E-state index is 0.0196. The van der Waals surface area contributed by atoms with Gasteiger partial charge in [0.2, 0.25) is 11.8 Å². The Hall–Kier alpha value is -3.12. The van der Waals surface area contributed by atoms with Gasteiger partial charge in [-0.1, -0.05) is 66.7 Å². The van der Waals surface area contributed by atoms with Gasteiger partial charge in [0, 0.05) is 30.5 Å². The van der Waals surface area contributed by atoms with Crippen LogP contribution in [0.5, 0.6) is 0 Å². The molecule has 0 saturated heterocycles. The molecule has 1 atom stereocenters. The summed E-state index contributed by atoms with van der Waals surface area (Å²) in [5, 5.41) is 2.66. The summed E-state index contributed by atoms with van der Waals surface area (Å²) in [7, 11) is 1.55. The quantitative estimate of drug-likeness (QED) is 0.509. The minimum atomic E-state index is -0.754. The molecule has 3 aromatic rings. The van der Waals surface area contributed by atoms with Crippen LogP contribution in [0.15, 0.2) is 89.8 Å². The summed E-state index contributed by atoms with van der Waals surface area (Å²) < 4.78 is 14.4. The number of nitrogens with zero attached hydrogens (tertiary/aromatic N) is 1. The van der Waals surface area contributed by atoms with Crippen molar-refractivity contribution >= 4 is 23.6 Å². The Kier molecular flexibility index (Phi) is 8.24. The molecule has 31 heavy (non-hydrogen) atoms. The van der Waals surface area contributed by atoms with Gasteiger partial charge in [-0.15, -0.1) is 11.8 Å². The van der Waals surface area contributed by atoms with Crippen LogP contribution in [0.2, 0.25) is 0 Å². The van der Waals surface area contributed by atoms with Crippen molar-refractivity contribution in [2.45, 2.75) is 23.9 Å². The zero-order chi connectivity index (χ0) is 22.1. The Labute approximate surface area is 186 Å². The standard InChI is InChI=1S/C25H25FN2O2S/c1-27-25(30)23(16-19-10-4-2-5-11-19)28(17-20-12-8-9-15-22(20)26)24(29)18-31-21-13-6-3-7-14-21/h2-15,23H,16-18H2,1H3,(H,27,30). The van der Waals surface area contributed by atoms with Crippen molar-refractivity contribution in [3.63, 3.8) is 0 Å². The summed E-state index contributed by atoms with van der Waals surface area (Å²) in [5.74, 6) is -0.743. The third kappa shape index (κ3) is 6.43. The normalized spacial score (nSPS) is 11.5. The molecule has 0 saturated carbocycles. The number of carbonyl (C=O) groups is 2. The lowest BCUT2D eigenvalue weighted by Crippen LogP contribution is -2.50. The van der Waals surface area contributed by atoms with Gasteiger partial charge in [0.05, 0.1) is 5.75 Å². The maximum atomic E-state index is 14.4. The molecule has 6 heteroatoms. The number of halogens is 1. The zero-order valence-electron chi connectivity index (χ0n) is 17.3. The Bertz CT molecular complexity index is 999. The van der Waals surface area contributed by atoms with Gasteiger partial charge in [-0.25, -0.2) is 4.39 Å². The number of rotatable bonds is 9. The van der Waals surface area contributed by atoms with Crippen molar-refractivity contribution < 1.29 is 14.0 Å². The first-order valence-corrected chi connectivity index (χ1v) is 11.0. The molecule has 1 N–H and O–H groups in total. The van der Waals surface area contributed by atoms with Crippen molar-refractivity contribution in [2.75, 3.05) is 12.8 Å². The lowest BCUT2D eigenvalue weighted by molar-refractivity contribution is -0.139. The first-order chi connectivity index (χ1) is 15.1. The molecular weight excluding hydrogens is 411 g/mol. The fraction of sp³-hybridized carbons (Fsp3) is 0.200. The monoisotopic (exact) mass is 436 g/mol. The van der Waals surface area contributed by atoms with E-state index < -0.39 is 11.9 Å². The fourth-order valence-electron chi connectivity index (χ4n) is 3.28. The van der Waals surface area contributed by atoms with E-state index in [-0.39, 0.29) is 24.1 Å². The van der Waals surface area contributed by atoms with Gasteiger partial charge in [-0.05, 0) is 23.8 Å². The average molecular weight is 437 g/mol. The van der Waals surface area contributed by atoms with Gasteiger partial charge >= 0.3 is 0 Å². The summed E-state index contributed by atoms with van der Waals surface area (Å²) in [5.41, 5.74) is 1.31. The number of benzene rings is 3. The predicted octanol–water partition coefficient (Wildman–Crippen LogP) is 4.30. The molecule has 3 aromatic carbocycles. The summed E-state index contributed by atoms with van der Waals surface area (Å²) in [6.07, 6.45) is 0.344. The van der Waals surface area contributed by atoms with E-state index in [0.29, 0.717) is 12.0 Å². The number of nitrogens with one attached hydrogen (secondary N) is 1.